The number of rotatable bonds is 2. The third-order valence-electron chi connectivity index (χ3n) is 2.67. The van der Waals surface area contributed by atoms with Crippen molar-refractivity contribution >= 4 is 11.7 Å². The fourth-order valence-corrected chi connectivity index (χ4v) is 1.75. The lowest BCUT2D eigenvalue weighted by Gasteiger charge is -2.22. The number of nitrogens with one attached hydrogen (secondary N) is 3. The second kappa shape index (κ2) is 4.80. The molecule has 7 nitrogen and oxygen atoms in total. The summed E-state index contributed by atoms with van der Waals surface area (Å²) < 4.78 is 0. The van der Waals surface area contributed by atoms with Crippen molar-refractivity contribution in [2.45, 2.75) is 6.54 Å². The van der Waals surface area contributed by atoms with E-state index in [-0.39, 0.29) is 1.43 Å². The molecule has 0 radical (unpaired) electrons. The number of fused-ring (bicyclic) bond motifs is 1. The maximum Gasteiger partial charge on any atom is 0.187 e. The van der Waals surface area contributed by atoms with Crippen molar-refractivity contribution in [2.24, 2.45) is 10.1 Å². The SMILES string of the molecule is N#Cc1cccc(CN=C2C=CC3=NNNN3N2)c1.[HH]. The molecule has 0 saturated carbocycles. The Morgan fingerprint density at radius 3 is 3.26 bits per heavy atom. The van der Waals surface area contributed by atoms with Gasteiger partial charge in [-0.1, -0.05) is 12.1 Å². The lowest BCUT2D eigenvalue weighted by Crippen LogP contribution is -2.53. The van der Waals surface area contributed by atoms with Crippen LogP contribution in [0.1, 0.15) is 12.6 Å². The molecular weight excluding hydrogens is 242 g/mol. The molecule has 0 amide bonds. The average Bonchev–Trinajstić information content (AvgIpc) is 2.93. The molecule has 3 N–H and O–H groups in total. The lowest BCUT2D eigenvalue weighted by molar-refractivity contribution is 0.259. The van der Waals surface area contributed by atoms with Crippen LogP contribution < -0.4 is 16.5 Å². The predicted molar refractivity (Wildman–Crippen MR) is 72.2 cm³/mol. The van der Waals surface area contributed by atoms with Gasteiger partial charge in [0.1, 0.15) is 5.84 Å². The van der Waals surface area contributed by atoms with Crippen LogP contribution in [0.25, 0.3) is 0 Å². The second-order valence-electron chi connectivity index (χ2n) is 3.99. The van der Waals surface area contributed by atoms with Crippen molar-refractivity contribution in [1.82, 2.24) is 21.6 Å². The number of nitrogens with zero attached hydrogens (tertiary/aromatic N) is 4. The zero-order chi connectivity index (χ0) is 13.1. The van der Waals surface area contributed by atoms with E-state index in [1.165, 1.54) is 0 Å². The highest BCUT2D eigenvalue weighted by molar-refractivity contribution is 6.06. The Kier molecular flexibility index (Phi) is 2.84. The minimum absolute atomic E-state index is 0. The fourth-order valence-electron chi connectivity index (χ4n) is 1.75. The maximum absolute atomic E-state index is 8.84. The number of benzene rings is 1. The summed E-state index contributed by atoms with van der Waals surface area (Å²) in [6.45, 7) is 0.510. The minimum atomic E-state index is 0. The van der Waals surface area contributed by atoms with Gasteiger partial charge in [-0.15, -0.1) is 10.6 Å². The maximum atomic E-state index is 8.84. The summed E-state index contributed by atoms with van der Waals surface area (Å²) in [6.07, 6.45) is 3.69. The van der Waals surface area contributed by atoms with Gasteiger partial charge < -0.3 is 0 Å². The zero-order valence-electron chi connectivity index (χ0n) is 9.96. The molecule has 0 saturated heterocycles. The summed E-state index contributed by atoms with van der Waals surface area (Å²) >= 11 is 0. The van der Waals surface area contributed by atoms with Gasteiger partial charge in [0, 0.05) is 1.43 Å². The Hall–Kier alpha value is -2.85. The first kappa shape index (κ1) is 11.3. The number of hydrazine groups is 3. The molecule has 1 aromatic carbocycles. The highest BCUT2D eigenvalue weighted by atomic mass is 15.9. The topological polar surface area (TPSA) is 87.8 Å². The van der Waals surface area contributed by atoms with Crippen LogP contribution in [0.15, 0.2) is 46.5 Å². The van der Waals surface area contributed by atoms with Crippen LogP contribution in [0.4, 0.5) is 0 Å². The third kappa shape index (κ3) is 2.38. The molecule has 0 aliphatic carbocycles. The first-order chi connectivity index (χ1) is 9.35. The van der Waals surface area contributed by atoms with Crippen molar-refractivity contribution in [2.75, 3.05) is 0 Å². The van der Waals surface area contributed by atoms with Crippen molar-refractivity contribution in [1.29, 1.82) is 5.26 Å². The number of hydrogen-bond donors (Lipinski definition) is 3. The quantitative estimate of drug-likeness (QED) is 0.712. The molecule has 2 aliphatic heterocycles. The summed E-state index contributed by atoms with van der Waals surface area (Å²) in [5.74, 6) is 1.46. The molecule has 0 aromatic heterocycles. The monoisotopic (exact) mass is 255 g/mol. The van der Waals surface area contributed by atoms with Gasteiger partial charge >= 0.3 is 0 Å². The standard InChI is InChI=1S/C12H11N7.H2/c13-7-9-2-1-3-10(6-9)8-14-11-4-5-12-15-17-18-19(12)16-11;/h1-6,17-18H,8H2,(H,14,16);1H. The minimum Gasteiger partial charge on any atom is -0.264 e. The average molecular weight is 255 g/mol. The number of hydrogen-bond acceptors (Lipinski definition) is 6. The van der Waals surface area contributed by atoms with E-state index in [2.05, 4.69) is 32.7 Å². The van der Waals surface area contributed by atoms with Gasteiger partial charge in [-0.2, -0.15) is 10.4 Å². The predicted octanol–water partition coefficient (Wildman–Crippen LogP) is 0.415. The molecule has 0 bridgehead atoms. The largest absolute Gasteiger partial charge is 0.264 e. The molecule has 0 fully saturated rings. The van der Waals surface area contributed by atoms with E-state index in [0.29, 0.717) is 12.1 Å². The van der Waals surface area contributed by atoms with Gasteiger partial charge in [0.05, 0.1) is 18.2 Å². The summed E-state index contributed by atoms with van der Waals surface area (Å²) in [5, 5.41) is 14.4. The fraction of sp³-hybridized carbons (Fsp3) is 0.0833. The molecule has 7 heteroatoms. The highest BCUT2D eigenvalue weighted by Crippen LogP contribution is 2.06. The van der Waals surface area contributed by atoms with Gasteiger partial charge in [-0.05, 0) is 29.8 Å². The summed E-state index contributed by atoms with van der Waals surface area (Å²) in [6, 6.07) is 9.52. The highest BCUT2D eigenvalue weighted by Gasteiger charge is 2.18. The van der Waals surface area contributed by atoms with Gasteiger partial charge in [0.15, 0.2) is 5.84 Å². The molecule has 2 heterocycles. The first-order valence-electron chi connectivity index (χ1n) is 5.72. The molecule has 0 atom stereocenters. The summed E-state index contributed by atoms with van der Waals surface area (Å²) in [4.78, 5) is 4.43. The third-order valence-corrected chi connectivity index (χ3v) is 2.67. The Balaban J connectivity index is 0.00000147. The second-order valence-corrected chi connectivity index (χ2v) is 3.99. The molecule has 0 spiro atoms. The van der Waals surface area contributed by atoms with Crippen LogP contribution in [0.2, 0.25) is 0 Å². The van der Waals surface area contributed by atoms with E-state index in [4.69, 9.17) is 5.26 Å². The van der Waals surface area contributed by atoms with E-state index < -0.39 is 0 Å². The van der Waals surface area contributed by atoms with Crippen LogP contribution in [0, 0.1) is 11.3 Å². The van der Waals surface area contributed by atoms with Crippen molar-refractivity contribution < 1.29 is 1.43 Å². The summed E-state index contributed by atoms with van der Waals surface area (Å²) in [7, 11) is 0. The van der Waals surface area contributed by atoms with Crippen LogP contribution >= 0.6 is 0 Å². The van der Waals surface area contributed by atoms with Gasteiger partial charge in [0.25, 0.3) is 0 Å². The molecule has 0 unspecified atom stereocenters. The molecule has 2 aliphatic rings. The van der Waals surface area contributed by atoms with E-state index in [1.807, 2.05) is 30.4 Å². The molecule has 1 aromatic rings. The van der Waals surface area contributed by atoms with Gasteiger partial charge in [-0.25, -0.2) is 5.53 Å². The Bertz CT molecular complexity index is 629. The Morgan fingerprint density at radius 2 is 2.37 bits per heavy atom. The van der Waals surface area contributed by atoms with E-state index >= 15 is 0 Å². The van der Waals surface area contributed by atoms with Crippen LogP contribution in [0.3, 0.4) is 0 Å². The lowest BCUT2D eigenvalue weighted by atomic mass is 10.1. The van der Waals surface area contributed by atoms with E-state index in [9.17, 15) is 0 Å². The molecule has 3 rings (SSSR count). The molecule has 96 valence electrons. The van der Waals surface area contributed by atoms with Gasteiger partial charge in [-0.3, -0.25) is 10.4 Å². The number of amidine groups is 2. The van der Waals surface area contributed by atoms with Crippen LogP contribution in [0.5, 0.6) is 0 Å². The number of hydrazone groups is 1. The van der Waals surface area contributed by atoms with E-state index in [0.717, 1.165) is 17.2 Å². The number of nitriles is 1. The van der Waals surface area contributed by atoms with Crippen molar-refractivity contribution in [3.8, 4) is 6.07 Å². The van der Waals surface area contributed by atoms with Crippen molar-refractivity contribution in [3.05, 3.63) is 47.5 Å². The summed E-state index contributed by atoms with van der Waals surface area (Å²) in [5.41, 5.74) is 10.1. The van der Waals surface area contributed by atoms with E-state index in [1.54, 1.807) is 11.2 Å². The smallest absolute Gasteiger partial charge is 0.187 e. The van der Waals surface area contributed by atoms with Gasteiger partial charge in [0.2, 0.25) is 0 Å². The normalized spacial score (nSPS) is 18.4. The van der Waals surface area contributed by atoms with Crippen LogP contribution in [-0.4, -0.2) is 16.8 Å². The molecule has 19 heavy (non-hydrogen) atoms. The Labute approximate surface area is 111 Å². The molecular formula is C12H13N7. The van der Waals surface area contributed by atoms with Crippen molar-refractivity contribution in [3.63, 3.8) is 0 Å². The number of aliphatic imine (C=N–C) groups is 1. The zero-order valence-corrected chi connectivity index (χ0v) is 9.96. The van der Waals surface area contributed by atoms with Crippen LogP contribution in [-0.2, 0) is 6.54 Å². The first-order valence-corrected chi connectivity index (χ1v) is 5.72. The Morgan fingerprint density at radius 1 is 1.42 bits per heavy atom.